The van der Waals surface area contributed by atoms with Gasteiger partial charge in [-0.05, 0) is 41.5 Å². The lowest BCUT2D eigenvalue weighted by Crippen LogP contribution is -2.28. The average molecular weight is 466 g/mol. The highest BCUT2D eigenvalue weighted by atomic mass is 35.5. The number of aliphatic hydroxyl groups is 1. The summed E-state index contributed by atoms with van der Waals surface area (Å²) in [5.41, 5.74) is 1.92. The largest absolute Gasteiger partial charge is 0.392 e. The maximum atomic E-state index is 12.9. The standard InChI is InChI=1S/C23H24ClN7O2/c24-19-6-14(2-3-15(19)13-32)8-27-21-18(22(33)28-10-20-25-4-1-5-26-20)9-29-23(30-21)31-11-16-7-17(16)12-31/h1-6,9,16-17,32H,7-8,10-13H2,(H,28,33)(H,27,29,30). The summed E-state index contributed by atoms with van der Waals surface area (Å²) < 4.78 is 0. The molecule has 2 atom stereocenters. The van der Waals surface area contributed by atoms with Crippen molar-refractivity contribution in [1.82, 2.24) is 25.3 Å². The Labute approximate surface area is 196 Å². The molecule has 3 N–H and O–H groups in total. The zero-order valence-electron chi connectivity index (χ0n) is 17.9. The Kier molecular flexibility index (Phi) is 6.06. The number of anilines is 2. The zero-order valence-corrected chi connectivity index (χ0v) is 18.7. The molecular weight excluding hydrogens is 442 g/mol. The van der Waals surface area contributed by atoms with E-state index >= 15 is 0 Å². The lowest BCUT2D eigenvalue weighted by atomic mass is 10.1. The number of amides is 1. The van der Waals surface area contributed by atoms with Crippen LogP contribution in [-0.4, -0.2) is 44.0 Å². The van der Waals surface area contributed by atoms with Crippen LogP contribution in [0.2, 0.25) is 5.02 Å². The van der Waals surface area contributed by atoms with Gasteiger partial charge in [0.1, 0.15) is 17.2 Å². The van der Waals surface area contributed by atoms with Crippen molar-refractivity contribution in [1.29, 1.82) is 0 Å². The first-order valence-electron chi connectivity index (χ1n) is 10.9. The number of fused-ring (bicyclic) bond motifs is 1. The molecule has 33 heavy (non-hydrogen) atoms. The Morgan fingerprint density at radius 3 is 2.67 bits per heavy atom. The van der Waals surface area contributed by atoms with E-state index in [1.54, 1.807) is 36.8 Å². The van der Waals surface area contributed by atoms with E-state index in [0.29, 0.717) is 40.3 Å². The molecule has 0 radical (unpaired) electrons. The average Bonchev–Trinajstić information content (AvgIpc) is 3.46. The number of carbonyl (C=O) groups excluding carboxylic acids is 1. The normalized spacial score (nSPS) is 18.7. The van der Waals surface area contributed by atoms with Crippen LogP contribution < -0.4 is 15.5 Å². The van der Waals surface area contributed by atoms with Crippen molar-refractivity contribution in [3.8, 4) is 0 Å². The van der Waals surface area contributed by atoms with E-state index in [1.807, 2.05) is 6.07 Å². The molecule has 3 aromatic rings. The van der Waals surface area contributed by atoms with Gasteiger partial charge in [0.05, 0.1) is 13.2 Å². The Bertz CT molecular complexity index is 1150. The number of benzene rings is 1. The van der Waals surface area contributed by atoms with E-state index in [9.17, 15) is 9.90 Å². The molecule has 1 amide bonds. The van der Waals surface area contributed by atoms with E-state index in [-0.39, 0.29) is 19.1 Å². The van der Waals surface area contributed by atoms with Gasteiger partial charge in [-0.1, -0.05) is 23.7 Å². The van der Waals surface area contributed by atoms with Crippen LogP contribution in [-0.2, 0) is 19.7 Å². The van der Waals surface area contributed by atoms with Gasteiger partial charge in [-0.15, -0.1) is 0 Å². The van der Waals surface area contributed by atoms with Crippen molar-refractivity contribution in [3.63, 3.8) is 0 Å². The minimum atomic E-state index is -0.311. The Hall–Kier alpha value is -3.30. The predicted octanol–water partition coefficient (Wildman–Crippen LogP) is 2.41. The number of hydrogen-bond acceptors (Lipinski definition) is 8. The van der Waals surface area contributed by atoms with Gasteiger partial charge in [-0.3, -0.25) is 4.79 Å². The first kappa shape index (κ1) is 21.5. The van der Waals surface area contributed by atoms with Gasteiger partial charge in [-0.25, -0.2) is 15.0 Å². The molecule has 5 rings (SSSR count). The highest BCUT2D eigenvalue weighted by Gasteiger charge is 2.45. The van der Waals surface area contributed by atoms with E-state index in [0.717, 1.165) is 30.5 Å². The van der Waals surface area contributed by atoms with Crippen molar-refractivity contribution >= 4 is 29.3 Å². The number of rotatable bonds is 8. The van der Waals surface area contributed by atoms with Gasteiger partial charge in [0, 0.05) is 43.2 Å². The smallest absolute Gasteiger partial charge is 0.256 e. The topological polar surface area (TPSA) is 116 Å². The van der Waals surface area contributed by atoms with E-state index in [2.05, 4.69) is 30.5 Å². The summed E-state index contributed by atoms with van der Waals surface area (Å²) in [6, 6.07) is 7.19. The molecule has 1 aliphatic carbocycles. The van der Waals surface area contributed by atoms with Gasteiger partial charge >= 0.3 is 0 Å². The van der Waals surface area contributed by atoms with Crippen LogP contribution in [0.4, 0.5) is 11.8 Å². The number of carbonyl (C=O) groups is 1. The number of hydrogen-bond donors (Lipinski definition) is 3. The SMILES string of the molecule is O=C(NCc1ncccn1)c1cnc(N2CC3CC3C2)nc1NCc1ccc(CO)c(Cl)c1. The molecule has 2 unspecified atom stereocenters. The number of nitrogens with zero attached hydrogens (tertiary/aromatic N) is 5. The summed E-state index contributed by atoms with van der Waals surface area (Å²) in [5, 5.41) is 15.9. The molecular formula is C23H24ClN7O2. The van der Waals surface area contributed by atoms with Crippen molar-refractivity contribution < 1.29 is 9.90 Å². The summed E-state index contributed by atoms with van der Waals surface area (Å²) in [6.45, 7) is 2.41. The fourth-order valence-electron chi connectivity index (χ4n) is 4.08. The molecule has 3 heterocycles. The van der Waals surface area contributed by atoms with Gasteiger partial charge < -0.3 is 20.6 Å². The minimum absolute atomic E-state index is 0.116. The number of aromatic nitrogens is 4. The summed E-state index contributed by atoms with van der Waals surface area (Å²) in [7, 11) is 0. The highest BCUT2D eigenvalue weighted by Crippen LogP contribution is 2.45. The molecule has 10 heteroatoms. The molecule has 0 bridgehead atoms. The Morgan fingerprint density at radius 1 is 1.15 bits per heavy atom. The maximum absolute atomic E-state index is 12.9. The molecule has 1 saturated carbocycles. The Balaban J connectivity index is 1.35. The van der Waals surface area contributed by atoms with Crippen LogP contribution in [0.5, 0.6) is 0 Å². The molecule has 2 aromatic heterocycles. The van der Waals surface area contributed by atoms with Crippen LogP contribution in [0.3, 0.4) is 0 Å². The molecule has 2 aliphatic rings. The molecule has 1 saturated heterocycles. The highest BCUT2D eigenvalue weighted by molar-refractivity contribution is 6.31. The summed E-state index contributed by atoms with van der Waals surface area (Å²) in [4.78, 5) is 32.5. The third kappa shape index (κ3) is 4.89. The molecule has 9 nitrogen and oxygen atoms in total. The van der Waals surface area contributed by atoms with Gasteiger partial charge in [-0.2, -0.15) is 4.98 Å². The molecule has 0 spiro atoms. The fraction of sp³-hybridized carbons (Fsp3) is 0.348. The molecule has 1 aromatic carbocycles. The van der Waals surface area contributed by atoms with Gasteiger partial charge in [0.2, 0.25) is 5.95 Å². The van der Waals surface area contributed by atoms with E-state index < -0.39 is 0 Å². The first-order chi connectivity index (χ1) is 16.1. The zero-order chi connectivity index (χ0) is 22.8. The number of aliphatic hydroxyl groups excluding tert-OH is 1. The van der Waals surface area contributed by atoms with Crippen LogP contribution in [0.25, 0.3) is 0 Å². The second kappa shape index (κ2) is 9.29. The molecule has 1 aliphatic heterocycles. The second-order valence-electron chi connectivity index (χ2n) is 8.38. The van der Waals surface area contributed by atoms with E-state index in [1.165, 1.54) is 6.42 Å². The van der Waals surface area contributed by atoms with Crippen LogP contribution in [0.1, 0.15) is 33.7 Å². The third-order valence-corrected chi connectivity index (χ3v) is 6.41. The third-order valence-electron chi connectivity index (χ3n) is 6.06. The summed E-state index contributed by atoms with van der Waals surface area (Å²) >= 11 is 6.23. The monoisotopic (exact) mass is 465 g/mol. The minimum Gasteiger partial charge on any atom is -0.392 e. The fourth-order valence-corrected chi connectivity index (χ4v) is 4.34. The molecule has 170 valence electrons. The number of nitrogens with one attached hydrogen (secondary N) is 2. The van der Waals surface area contributed by atoms with Gasteiger partial charge in [0.15, 0.2) is 0 Å². The summed E-state index contributed by atoms with van der Waals surface area (Å²) in [6.07, 6.45) is 6.12. The van der Waals surface area contributed by atoms with Gasteiger partial charge in [0.25, 0.3) is 5.91 Å². The van der Waals surface area contributed by atoms with Crippen LogP contribution >= 0.6 is 11.6 Å². The summed E-state index contributed by atoms with van der Waals surface area (Å²) in [5.74, 6) is 2.77. The first-order valence-corrected chi connectivity index (χ1v) is 11.3. The van der Waals surface area contributed by atoms with Crippen molar-refractivity contribution in [2.75, 3.05) is 23.3 Å². The quantitative estimate of drug-likeness (QED) is 0.464. The van der Waals surface area contributed by atoms with Crippen molar-refractivity contribution in [2.24, 2.45) is 11.8 Å². The number of piperidine rings is 1. The van der Waals surface area contributed by atoms with Crippen LogP contribution in [0.15, 0.2) is 42.9 Å². The lowest BCUT2D eigenvalue weighted by molar-refractivity contribution is 0.0950. The van der Waals surface area contributed by atoms with E-state index in [4.69, 9.17) is 16.6 Å². The number of halogens is 1. The predicted molar refractivity (Wildman–Crippen MR) is 124 cm³/mol. The lowest BCUT2D eigenvalue weighted by Gasteiger charge is -2.20. The Morgan fingerprint density at radius 2 is 1.94 bits per heavy atom. The van der Waals surface area contributed by atoms with Crippen molar-refractivity contribution in [3.05, 3.63) is 70.4 Å². The molecule has 2 fully saturated rings. The second-order valence-corrected chi connectivity index (χ2v) is 8.79. The maximum Gasteiger partial charge on any atom is 0.256 e. The van der Waals surface area contributed by atoms with Crippen molar-refractivity contribution in [2.45, 2.75) is 26.1 Å². The van der Waals surface area contributed by atoms with Crippen LogP contribution in [0, 0.1) is 11.8 Å².